The third-order valence-corrected chi connectivity index (χ3v) is 4.95. The van der Waals surface area contributed by atoms with Crippen LogP contribution in [0.3, 0.4) is 0 Å². The van der Waals surface area contributed by atoms with Crippen molar-refractivity contribution < 1.29 is 9.53 Å². The molecule has 0 saturated carbocycles. The summed E-state index contributed by atoms with van der Waals surface area (Å²) in [5.74, 6) is 1.68. The summed E-state index contributed by atoms with van der Waals surface area (Å²) in [7, 11) is 0. The van der Waals surface area contributed by atoms with Crippen molar-refractivity contribution in [2.45, 2.75) is 66.1 Å². The topological polar surface area (TPSA) is 120 Å². The Bertz CT molecular complexity index is 1040. The number of carbonyl (C=O) groups is 1. The number of aromatic nitrogens is 4. The zero-order valence-electron chi connectivity index (χ0n) is 19.6. The monoisotopic (exact) mass is 439 g/mol. The normalized spacial score (nSPS) is 12.4. The Morgan fingerprint density at radius 1 is 1.12 bits per heavy atom. The summed E-state index contributed by atoms with van der Waals surface area (Å²) in [6.45, 7) is 12.8. The maximum Gasteiger partial charge on any atom is 0.308 e. The van der Waals surface area contributed by atoms with Crippen molar-refractivity contribution in [3.8, 4) is 17.1 Å². The van der Waals surface area contributed by atoms with Gasteiger partial charge in [0.1, 0.15) is 5.75 Å². The van der Waals surface area contributed by atoms with Gasteiger partial charge in [-0.15, -0.1) is 5.10 Å². The highest BCUT2D eigenvalue weighted by Crippen LogP contribution is 2.37. The average Bonchev–Trinajstić information content (AvgIpc) is 3.15. The van der Waals surface area contributed by atoms with Crippen LogP contribution in [0.2, 0.25) is 0 Å². The molecule has 2 aliphatic rings. The van der Waals surface area contributed by atoms with Crippen LogP contribution < -0.4 is 21.1 Å². The quantitative estimate of drug-likeness (QED) is 0.340. The van der Waals surface area contributed by atoms with Crippen LogP contribution in [0.4, 0.5) is 11.8 Å². The number of anilines is 2. The number of fused-ring (bicyclic) bond motifs is 1. The zero-order valence-corrected chi connectivity index (χ0v) is 19.6. The van der Waals surface area contributed by atoms with Crippen molar-refractivity contribution >= 4 is 17.7 Å². The molecule has 2 aliphatic heterocycles. The molecule has 0 bridgehead atoms. The van der Waals surface area contributed by atoms with Crippen LogP contribution in [0.1, 0.15) is 64.8 Å². The van der Waals surface area contributed by atoms with Crippen molar-refractivity contribution in [2.24, 2.45) is 5.73 Å². The second-order valence-corrected chi connectivity index (χ2v) is 8.60. The van der Waals surface area contributed by atoms with Crippen molar-refractivity contribution in [3.63, 3.8) is 0 Å². The summed E-state index contributed by atoms with van der Waals surface area (Å²) in [4.78, 5) is 16.3. The van der Waals surface area contributed by atoms with E-state index < -0.39 is 0 Å². The molecule has 0 aromatic heterocycles. The molecular formula is C23H33N7O2. The van der Waals surface area contributed by atoms with Crippen molar-refractivity contribution in [1.29, 1.82) is 0 Å². The minimum atomic E-state index is -0.360. The molecule has 3 rings (SSSR count). The Morgan fingerprint density at radius 3 is 2.47 bits per heavy atom. The molecule has 32 heavy (non-hydrogen) atoms. The summed E-state index contributed by atoms with van der Waals surface area (Å²) in [5.41, 5.74) is 9.40. The van der Waals surface area contributed by atoms with Crippen LogP contribution in [0, 0.1) is 0 Å². The molecule has 1 atom stereocenters. The van der Waals surface area contributed by atoms with E-state index in [4.69, 9.17) is 15.5 Å². The molecule has 2 heterocycles. The van der Waals surface area contributed by atoms with E-state index in [9.17, 15) is 4.79 Å². The number of nitrogens with one attached hydrogen (secondary N) is 2. The predicted octanol–water partition coefficient (Wildman–Crippen LogP) is 3.78. The number of hydrogen-bond acceptors (Lipinski definition) is 8. The maximum atomic E-state index is 11.5. The molecule has 1 unspecified atom stereocenters. The number of nitrogens with zero attached hydrogens (tertiary/aromatic N) is 4. The lowest BCUT2D eigenvalue weighted by Gasteiger charge is -2.25. The van der Waals surface area contributed by atoms with Gasteiger partial charge >= 0.3 is 5.97 Å². The van der Waals surface area contributed by atoms with E-state index in [1.165, 1.54) is 6.92 Å². The number of benzene rings is 1. The highest BCUT2D eigenvalue weighted by Gasteiger charge is 2.28. The van der Waals surface area contributed by atoms with Gasteiger partial charge in [0.15, 0.2) is 11.5 Å². The van der Waals surface area contributed by atoms with E-state index in [0.29, 0.717) is 36.3 Å². The zero-order chi connectivity index (χ0) is 23.4. The molecule has 0 fully saturated rings. The highest BCUT2D eigenvalue weighted by atomic mass is 16.5. The third-order valence-electron chi connectivity index (χ3n) is 4.95. The second-order valence-electron chi connectivity index (χ2n) is 8.60. The SMILES string of the molecule is CC(=O)Oc1ccccc1CNc1nc(NCC(C)N)n(C(C)C)c2c(C(C)C)nnc1-2. The molecule has 0 spiro atoms. The first-order chi connectivity index (χ1) is 15.2. The fourth-order valence-corrected chi connectivity index (χ4v) is 3.51. The Morgan fingerprint density at radius 2 is 1.84 bits per heavy atom. The number of nitrogens with two attached hydrogens (primary N) is 1. The van der Waals surface area contributed by atoms with Gasteiger partial charge < -0.3 is 25.7 Å². The lowest BCUT2D eigenvalue weighted by atomic mass is 10.1. The summed E-state index contributed by atoms with van der Waals surface area (Å²) < 4.78 is 7.47. The molecule has 4 N–H and O–H groups in total. The van der Waals surface area contributed by atoms with Crippen LogP contribution in [-0.4, -0.2) is 38.3 Å². The molecule has 1 aromatic rings. The summed E-state index contributed by atoms with van der Waals surface area (Å²) in [6.07, 6.45) is 0. The molecule has 0 aliphatic carbocycles. The van der Waals surface area contributed by atoms with E-state index >= 15 is 0 Å². The summed E-state index contributed by atoms with van der Waals surface area (Å²) in [5, 5.41) is 15.7. The van der Waals surface area contributed by atoms with Gasteiger partial charge in [0.05, 0.1) is 11.4 Å². The van der Waals surface area contributed by atoms with Crippen LogP contribution in [0.15, 0.2) is 24.3 Å². The average molecular weight is 440 g/mol. The lowest BCUT2D eigenvalue weighted by molar-refractivity contribution is -0.131. The van der Waals surface area contributed by atoms with Gasteiger partial charge in [0.2, 0.25) is 5.95 Å². The third kappa shape index (κ3) is 5.16. The van der Waals surface area contributed by atoms with Gasteiger partial charge in [-0.1, -0.05) is 32.0 Å². The number of carbonyl (C=O) groups excluding carboxylic acids is 1. The fraction of sp³-hybridized carbons (Fsp3) is 0.478. The van der Waals surface area contributed by atoms with Gasteiger partial charge in [-0.3, -0.25) is 4.79 Å². The molecule has 9 nitrogen and oxygen atoms in total. The van der Waals surface area contributed by atoms with E-state index in [1.54, 1.807) is 6.07 Å². The summed E-state index contributed by atoms with van der Waals surface area (Å²) in [6, 6.07) is 7.53. The van der Waals surface area contributed by atoms with Crippen LogP contribution in [-0.2, 0) is 11.3 Å². The number of para-hydroxylation sites is 1. The van der Waals surface area contributed by atoms with Crippen molar-refractivity contribution in [3.05, 3.63) is 35.5 Å². The Kier molecular flexibility index (Phi) is 7.29. The molecule has 1 aromatic carbocycles. The molecule has 0 saturated heterocycles. The predicted molar refractivity (Wildman–Crippen MR) is 126 cm³/mol. The first-order valence-electron chi connectivity index (χ1n) is 11.0. The summed E-state index contributed by atoms with van der Waals surface area (Å²) >= 11 is 0. The van der Waals surface area contributed by atoms with Crippen molar-refractivity contribution in [1.82, 2.24) is 19.7 Å². The molecule has 0 radical (unpaired) electrons. The highest BCUT2D eigenvalue weighted by molar-refractivity contribution is 5.75. The van der Waals surface area contributed by atoms with Gasteiger partial charge in [-0.2, -0.15) is 10.1 Å². The number of ether oxygens (including phenoxy) is 1. The minimum Gasteiger partial charge on any atom is -0.426 e. The van der Waals surface area contributed by atoms with E-state index in [0.717, 1.165) is 17.0 Å². The number of rotatable bonds is 9. The standard InChI is InChI=1S/C23H33N7O2/c1-13(2)19-21-20(29-28-19)22(27-23(26-11-15(5)24)30(21)14(3)4)25-12-17-9-7-8-10-18(17)32-16(6)31/h7-10,13-15,25H,11-12,24H2,1-6H3,(H,26,27). The second kappa shape index (κ2) is 9.95. The fourth-order valence-electron chi connectivity index (χ4n) is 3.51. The first-order valence-corrected chi connectivity index (χ1v) is 11.0. The Labute approximate surface area is 189 Å². The minimum absolute atomic E-state index is 0.0272. The lowest BCUT2D eigenvalue weighted by Crippen LogP contribution is -2.28. The first kappa shape index (κ1) is 23.5. The largest absolute Gasteiger partial charge is 0.426 e. The Hall–Kier alpha value is -3.20. The van der Waals surface area contributed by atoms with E-state index in [1.807, 2.05) is 25.1 Å². The van der Waals surface area contributed by atoms with Gasteiger partial charge in [-0.05, 0) is 32.8 Å². The van der Waals surface area contributed by atoms with Crippen LogP contribution >= 0.6 is 0 Å². The van der Waals surface area contributed by atoms with E-state index in [-0.39, 0.29) is 24.0 Å². The van der Waals surface area contributed by atoms with Gasteiger partial charge in [-0.25, -0.2) is 0 Å². The number of esters is 1. The molecular weight excluding hydrogens is 406 g/mol. The number of hydrogen-bond donors (Lipinski definition) is 3. The molecule has 172 valence electrons. The van der Waals surface area contributed by atoms with Gasteiger partial charge in [0, 0.05) is 37.7 Å². The van der Waals surface area contributed by atoms with E-state index in [2.05, 4.69) is 53.1 Å². The molecule has 0 amide bonds. The van der Waals surface area contributed by atoms with Gasteiger partial charge in [0.25, 0.3) is 0 Å². The Balaban J connectivity index is 2.04. The van der Waals surface area contributed by atoms with Crippen LogP contribution in [0.5, 0.6) is 5.75 Å². The van der Waals surface area contributed by atoms with Crippen LogP contribution in [0.25, 0.3) is 11.4 Å². The smallest absolute Gasteiger partial charge is 0.308 e. The van der Waals surface area contributed by atoms with Crippen molar-refractivity contribution in [2.75, 3.05) is 17.2 Å². The molecule has 9 heteroatoms. The maximum absolute atomic E-state index is 11.5.